The molecule has 1 aliphatic carbocycles. The molecule has 0 radical (unpaired) electrons. The summed E-state index contributed by atoms with van der Waals surface area (Å²) in [7, 11) is 1.76. The van der Waals surface area contributed by atoms with Crippen LogP contribution in [0.2, 0.25) is 0 Å². The first-order valence-corrected chi connectivity index (χ1v) is 9.02. The summed E-state index contributed by atoms with van der Waals surface area (Å²) in [6.45, 7) is 5.75. The number of benzene rings is 2. The third-order valence-electron chi connectivity index (χ3n) is 5.53. The van der Waals surface area contributed by atoms with Gasteiger partial charge in [0.1, 0.15) is 5.75 Å². The molecule has 0 bridgehead atoms. The molecule has 0 amide bonds. The number of fused-ring (bicyclic) bond motifs is 1. The lowest BCUT2D eigenvalue weighted by Gasteiger charge is -2.37. The molecular formula is C21H26N2O. The largest absolute Gasteiger partial charge is 0.497 e. The molecule has 1 saturated heterocycles. The Labute approximate surface area is 144 Å². The fourth-order valence-corrected chi connectivity index (χ4v) is 4.12. The van der Waals surface area contributed by atoms with Gasteiger partial charge in [0.15, 0.2) is 0 Å². The van der Waals surface area contributed by atoms with E-state index in [0.717, 1.165) is 31.9 Å². The Morgan fingerprint density at radius 2 is 1.79 bits per heavy atom. The molecule has 1 heterocycles. The summed E-state index contributed by atoms with van der Waals surface area (Å²) < 4.78 is 5.42. The van der Waals surface area contributed by atoms with Crippen LogP contribution in [0.1, 0.15) is 23.5 Å². The van der Waals surface area contributed by atoms with E-state index >= 15 is 0 Å². The van der Waals surface area contributed by atoms with Gasteiger partial charge in [-0.05, 0) is 54.2 Å². The zero-order valence-electron chi connectivity index (χ0n) is 14.4. The average molecular weight is 322 g/mol. The Hall–Kier alpha value is -2.00. The molecule has 0 saturated carbocycles. The Morgan fingerprint density at radius 1 is 1.00 bits per heavy atom. The average Bonchev–Trinajstić information content (AvgIpc) is 3.05. The summed E-state index contributed by atoms with van der Waals surface area (Å²) in [5.74, 6) is 1.66. The van der Waals surface area contributed by atoms with Crippen molar-refractivity contribution in [2.75, 3.05) is 44.7 Å². The van der Waals surface area contributed by atoms with E-state index in [4.69, 9.17) is 4.74 Å². The maximum absolute atomic E-state index is 5.42. The van der Waals surface area contributed by atoms with E-state index in [-0.39, 0.29) is 0 Å². The first kappa shape index (κ1) is 15.5. The predicted octanol–water partition coefficient (Wildman–Crippen LogP) is 3.55. The fourth-order valence-electron chi connectivity index (χ4n) is 4.12. The van der Waals surface area contributed by atoms with E-state index in [2.05, 4.69) is 58.3 Å². The second-order valence-corrected chi connectivity index (χ2v) is 6.92. The maximum atomic E-state index is 5.42. The molecule has 1 fully saturated rings. The van der Waals surface area contributed by atoms with Crippen LogP contribution >= 0.6 is 0 Å². The van der Waals surface area contributed by atoms with E-state index in [1.54, 1.807) is 7.11 Å². The van der Waals surface area contributed by atoms with Gasteiger partial charge in [-0.1, -0.05) is 24.3 Å². The molecule has 126 valence electrons. The predicted molar refractivity (Wildman–Crippen MR) is 99.2 cm³/mol. The van der Waals surface area contributed by atoms with Crippen molar-refractivity contribution in [3.05, 3.63) is 59.7 Å². The summed E-state index contributed by atoms with van der Waals surface area (Å²) in [6, 6.07) is 17.4. The number of anilines is 1. The highest BCUT2D eigenvalue weighted by molar-refractivity contribution is 5.46. The number of ether oxygens (including phenoxy) is 1. The van der Waals surface area contributed by atoms with Crippen molar-refractivity contribution in [3.63, 3.8) is 0 Å². The number of rotatable bonds is 4. The highest BCUT2D eigenvalue weighted by Gasteiger charge is 2.26. The Morgan fingerprint density at radius 3 is 2.54 bits per heavy atom. The van der Waals surface area contributed by atoms with Crippen molar-refractivity contribution in [2.45, 2.75) is 18.8 Å². The van der Waals surface area contributed by atoms with Crippen LogP contribution in [0.25, 0.3) is 0 Å². The first-order valence-electron chi connectivity index (χ1n) is 9.02. The molecule has 2 aliphatic rings. The van der Waals surface area contributed by atoms with Gasteiger partial charge in [-0.2, -0.15) is 0 Å². The second-order valence-electron chi connectivity index (χ2n) is 6.92. The quantitative estimate of drug-likeness (QED) is 0.856. The van der Waals surface area contributed by atoms with Gasteiger partial charge in [-0.25, -0.2) is 0 Å². The third kappa shape index (κ3) is 3.13. The SMILES string of the molecule is COc1ccc2c(c1)C(CN1CCN(c3ccccc3)CC1)CC2. The maximum Gasteiger partial charge on any atom is 0.119 e. The second kappa shape index (κ2) is 6.86. The molecular weight excluding hydrogens is 296 g/mol. The van der Waals surface area contributed by atoms with Crippen molar-refractivity contribution in [1.82, 2.24) is 4.90 Å². The first-order chi connectivity index (χ1) is 11.8. The molecule has 3 heteroatoms. The number of hydrogen-bond donors (Lipinski definition) is 0. The van der Waals surface area contributed by atoms with Crippen LogP contribution < -0.4 is 9.64 Å². The summed E-state index contributed by atoms with van der Waals surface area (Å²) in [4.78, 5) is 5.14. The normalized spacial score (nSPS) is 20.9. The molecule has 2 aromatic rings. The summed E-state index contributed by atoms with van der Waals surface area (Å²) in [5, 5.41) is 0. The summed E-state index contributed by atoms with van der Waals surface area (Å²) >= 11 is 0. The van der Waals surface area contributed by atoms with E-state index in [0.29, 0.717) is 5.92 Å². The van der Waals surface area contributed by atoms with Crippen LogP contribution in [0.15, 0.2) is 48.5 Å². The van der Waals surface area contributed by atoms with Crippen LogP contribution in [0.4, 0.5) is 5.69 Å². The van der Waals surface area contributed by atoms with Crippen molar-refractivity contribution in [3.8, 4) is 5.75 Å². The van der Waals surface area contributed by atoms with Gasteiger partial charge in [0.05, 0.1) is 7.11 Å². The topological polar surface area (TPSA) is 15.7 Å². The molecule has 4 rings (SSSR count). The summed E-state index contributed by atoms with van der Waals surface area (Å²) in [6.07, 6.45) is 2.50. The van der Waals surface area contributed by atoms with Gasteiger partial charge in [-0.15, -0.1) is 0 Å². The molecule has 1 aliphatic heterocycles. The molecule has 0 aromatic heterocycles. The molecule has 2 aromatic carbocycles. The van der Waals surface area contributed by atoms with Gasteiger partial charge >= 0.3 is 0 Å². The highest BCUT2D eigenvalue weighted by atomic mass is 16.5. The Bertz CT molecular complexity index is 677. The minimum atomic E-state index is 0.665. The van der Waals surface area contributed by atoms with Gasteiger partial charge in [0.25, 0.3) is 0 Å². The highest BCUT2D eigenvalue weighted by Crippen LogP contribution is 2.36. The molecule has 3 nitrogen and oxygen atoms in total. The smallest absolute Gasteiger partial charge is 0.119 e. The zero-order chi connectivity index (χ0) is 16.4. The lowest BCUT2D eigenvalue weighted by atomic mass is 10.00. The van der Waals surface area contributed by atoms with Crippen LogP contribution in [-0.2, 0) is 6.42 Å². The monoisotopic (exact) mass is 322 g/mol. The van der Waals surface area contributed by atoms with Crippen LogP contribution in [0.5, 0.6) is 5.75 Å². The lowest BCUT2D eigenvalue weighted by molar-refractivity contribution is 0.241. The molecule has 1 atom stereocenters. The number of hydrogen-bond acceptors (Lipinski definition) is 3. The Kier molecular flexibility index (Phi) is 4.44. The molecule has 0 spiro atoms. The number of piperazine rings is 1. The lowest BCUT2D eigenvalue weighted by Crippen LogP contribution is -2.47. The molecule has 0 N–H and O–H groups in total. The van der Waals surface area contributed by atoms with E-state index in [9.17, 15) is 0 Å². The van der Waals surface area contributed by atoms with Gasteiger partial charge in [0, 0.05) is 38.4 Å². The zero-order valence-corrected chi connectivity index (χ0v) is 14.4. The Balaban J connectivity index is 1.37. The van der Waals surface area contributed by atoms with E-state index in [1.807, 2.05) is 0 Å². The van der Waals surface area contributed by atoms with Gasteiger partial charge in [0.2, 0.25) is 0 Å². The van der Waals surface area contributed by atoms with Crippen LogP contribution in [0.3, 0.4) is 0 Å². The number of aryl methyl sites for hydroxylation is 1. The number of para-hydroxylation sites is 1. The minimum Gasteiger partial charge on any atom is -0.497 e. The van der Waals surface area contributed by atoms with Crippen molar-refractivity contribution in [1.29, 1.82) is 0 Å². The molecule has 1 unspecified atom stereocenters. The van der Waals surface area contributed by atoms with Gasteiger partial charge in [-0.3, -0.25) is 4.90 Å². The van der Waals surface area contributed by atoms with Crippen LogP contribution in [0, 0.1) is 0 Å². The van der Waals surface area contributed by atoms with E-state index < -0.39 is 0 Å². The van der Waals surface area contributed by atoms with Crippen molar-refractivity contribution < 1.29 is 4.74 Å². The fraction of sp³-hybridized carbons (Fsp3) is 0.429. The van der Waals surface area contributed by atoms with Crippen molar-refractivity contribution in [2.24, 2.45) is 0 Å². The standard InChI is InChI=1S/C21H26N2O/c1-24-20-10-9-17-7-8-18(21(17)15-20)16-22-11-13-23(14-12-22)19-5-3-2-4-6-19/h2-6,9-10,15,18H,7-8,11-14,16H2,1H3. The van der Waals surface area contributed by atoms with Crippen molar-refractivity contribution >= 4 is 5.69 Å². The van der Waals surface area contributed by atoms with E-state index in [1.165, 1.54) is 36.2 Å². The minimum absolute atomic E-state index is 0.665. The number of nitrogens with zero attached hydrogens (tertiary/aromatic N) is 2. The number of methoxy groups -OCH3 is 1. The summed E-state index contributed by atoms with van der Waals surface area (Å²) in [5.41, 5.74) is 4.39. The van der Waals surface area contributed by atoms with Crippen LogP contribution in [-0.4, -0.2) is 44.7 Å². The third-order valence-corrected chi connectivity index (χ3v) is 5.53. The van der Waals surface area contributed by atoms with Gasteiger partial charge < -0.3 is 9.64 Å². The molecule has 24 heavy (non-hydrogen) atoms.